The Kier molecular flexibility index (Phi) is 6.68. The number of hydrogen-bond acceptors (Lipinski definition) is 2. The standard InChI is InChI=1S/C22H34N2/c1-17(2)7-5-13-24-14-6-12-22(23)16-19(4)21(22)11-10-20-9-8-18(3)15-20/h5-6,8,13-15,19,21,24H,1,7,9-12,16,23H2,2-4H3/b13-5+,14-6+. The molecule has 0 aliphatic heterocycles. The highest BCUT2D eigenvalue weighted by Gasteiger charge is 2.47. The van der Waals surface area contributed by atoms with E-state index in [1.54, 1.807) is 5.57 Å². The summed E-state index contributed by atoms with van der Waals surface area (Å²) in [5, 5.41) is 3.20. The van der Waals surface area contributed by atoms with E-state index in [1.165, 1.54) is 24.0 Å². The molecule has 1 fully saturated rings. The fourth-order valence-corrected chi connectivity index (χ4v) is 4.08. The van der Waals surface area contributed by atoms with Crippen molar-refractivity contribution in [3.05, 3.63) is 60.0 Å². The van der Waals surface area contributed by atoms with Crippen molar-refractivity contribution in [1.29, 1.82) is 0 Å². The zero-order chi connectivity index (χ0) is 17.6. The lowest BCUT2D eigenvalue weighted by Crippen LogP contribution is -2.59. The predicted molar refractivity (Wildman–Crippen MR) is 105 cm³/mol. The fourth-order valence-electron chi connectivity index (χ4n) is 4.08. The Morgan fingerprint density at radius 3 is 2.79 bits per heavy atom. The van der Waals surface area contributed by atoms with Gasteiger partial charge >= 0.3 is 0 Å². The Bertz CT molecular complexity index is 565. The first-order chi connectivity index (χ1) is 11.4. The van der Waals surface area contributed by atoms with Crippen LogP contribution in [0.1, 0.15) is 59.3 Å². The minimum atomic E-state index is -0.0132. The minimum Gasteiger partial charge on any atom is -0.368 e. The Balaban J connectivity index is 1.73. The van der Waals surface area contributed by atoms with Crippen LogP contribution in [0.25, 0.3) is 0 Å². The zero-order valence-corrected chi connectivity index (χ0v) is 15.6. The van der Waals surface area contributed by atoms with Gasteiger partial charge < -0.3 is 11.1 Å². The summed E-state index contributed by atoms with van der Waals surface area (Å²) in [5.74, 6) is 1.39. The molecular formula is C22H34N2. The number of rotatable bonds is 9. The van der Waals surface area contributed by atoms with Crippen LogP contribution in [-0.4, -0.2) is 5.54 Å². The second-order valence-corrected chi connectivity index (χ2v) is 7.85. The lowest BCUT2D eigenvalue weighted by molar-refractivity contribution is 0.0444. The van der Waals surface area contributed by atoms with Crippen molar-refractivity contribution in [2.45, 2.75) is 64.8 Å². The molecule has 0 amide bonds. The molecule has 0 radical (unpaired) electrons. The predicted octanol–water partition coefficient (Wildman–Crippen LogP) is 5.37. The molecule has 2 heteroatoms. The van der Waals surface area contributed by atoms with Crippen molar-refractivity contribution in [2.24, 2.45) is 17.6 Å². The average molecular weight is 327 g/mol. The summed E-state index contributed by atoms with van der Waals surface area (Å²) in [6, 6.07) is 0. The molecule has 0 saturated heterocycles. The van der Waals surface area contributed by atoms with Crippen molar-refractivity contribution in [1.82, 2.24) is 5.32 Å². The van der Waals surface area contributed by atoms with Crippen molar-refractivity contribution < 1.29 is 0 Å². The normalized spacial score (nSPS) is 29.7. The number of nitrogens with two attached hydrogens (primary N) is 1. The first kappa shape index (κ1) is 18.8. The molecule has 2 aliphatic carbocycles. The molecule has 0 aromatic heterocycles. The molecule has 0 aromatic rings. The van der Waals surface area contributed by atoms with E-state index < -0.39 is 0 Å². The van der Waals surface area contributed by atoms with E-state index in [0.29, 0.717) is 5.92 Å². The summed E-state index contributed by atoms with van der Waals surface area (Å²) in [4.78, 5) is 0. The molecular weight excluding hydrogens is 292 g/mol. The third kappa shape index (κ3) is 5.24. The summed E-state index contributed by atoms with van der Waals surface area (Å²) >= 11 is 0. The molecule has 132 valence electrons. The maximum atomic E-state index is 6.69. The SMILES string of the molecule is C=C(C)C/C=C/N/C=C/CC1(N)CC(C)C1CCC1=CC(C)=CC1. The molecule has 1 saturated carbocycles. The van der Waals surface area contributed by atoms with Crippen LogP contribution >= 0.6 is 0 Å². The second kappa shape index (κ2) is 8.53. The number of allylic oxidation sites excluding steroid dienone is 6. The molecule has 3 unspecified atom stereocenters. The second-order valence-electron chi connectivity index (χ2n) is 7.85. The van der Waals surface area contributed by atoms with Crippen LogP contribution in [0.5, 0.6) is 0 Å². The topological polar surface area (TPSA) is 38.0 Å². The zero-order valence-electron chi connectivity index (χ0n) is 15.6. The van der Waals surface area contributed by atoms with Gasteiger partial charge in [-0.05, 0) is 76.6 Å². The molecule has 2 rings (SSSR count). The Hall–Kier alpha value is -1.54. The molecule has 2 aliphatic rings. The minimum absolute atomic E-state index is 0.0132. The van der Waals surface area contributed by atoms with Crippen LogP contribution in [-0.2, 0) is 0 Å². The molecule has 2 nitrogen and oxygen atoms in total. The quantitative estimate of drug-likeness (QED) is 0.559. The summed E-state index contributed by atoms with van der Waals surface area (Å²) < 4.78 is 0. The van der Waals surface area contributed by atoms with E-state index in [9.17, 15) is 0 Å². The van der Waals surface area contributed by atoms with Crippen LogP contribution in [0.4, 0.5) is 0 Å². The van der Waals surface area contributed by atoms with Gasteiger partial charge in [0.1, 0.15) is 0 Å². The maximum Gasteiger partial charge on any atom is 0.0223 e. The van der Waals surface area contributed by atoms with Crippen molar-refractivity contribution in [2.75, 3.05) is 0 Å². The van der Waals surface area contributed by atoms with Gasteiger partial charge in [0.15, 0.2) is 0 Å². The highest BCUT2D eigenvalue weighted by atomic mass is 14.8. The van der Waals surface area contributed by atoms with Crippen LogP contribution < -0.4 is 11.1 Å². The average Bonchev–Trinajstić information content (AvgIpc) is 2.91. The van der Waals surface area contributed by atoms with Crippen molar-refractivity contribution >= 4 is 0 Å². The number of nitrogens with one attached hydrogen (secondary N) is 1. The van der Waals surface area contributed by atoms with Crippen LogP contribution in [0.3, 0.4) is 0 Å². The first-order valence-electron chi connectivity index (χ1n) is 9.26. The third-order valence-corrected chi connectivity index (χ3v) is 5.41. The molecule has 0 bridgehead atoms. The van der Waals surface area contributed by atoms with Crippen molar-refractivity contribution in [3.63, 3.8) is 0 Å². The van der Waals surface area contributed by atoms with Gasteiger partial charge in [0.05, 0.1) is 0 Å². The molecule has 24 heavy (non-hydrogen) atoms. The van der Waals surface area contributed by atoms with E-state index in [4.69, 9.17) is 5.73 Å². The van der Waals surface area contributed by atoms with Gasteiger partial charge in [-0.1, -0.05) is 54.5 Å². The van der Waals surface area contributed by atoms with Gasteiger partial charge in [-0.2, -0.15) is 0 Å². The van der Waals surface area contributed by atoms with Crippen LogP contribution in [0.2, 0.25) is 0 Å². The van der Waals surface area contributed by atoms with E-state index in [0.717, 1.165) is 31.6 Å². The third-order valence-electron chi connectivity index (χ3n) is 5.41. The Labute approximate surface area is 148 Å². The van der Waals surface area contributed by atoms with Gasteiger partial charge in [0.2, 0.25) is 0 Å². The monoisotopic (exact) mass is 326 g/mol. The van der Waals surface area contributed by atoms with Crippen LogP contribution in [0, 0.1) is 11.8 Å². The Morgan fingerprint density at radius 2 is 2.17 bits per heavy atom. The summed E-state index contributed by atoms with van der Waals surface area (Å²) in [5.41, 5.74) is 10.8. The van der Waals surface area contributed by atoms with E-state index >= 15 is 0 Å². The smallest absolute Gasteiger partial charge is 0.0223 e. The molecule has 3 N–H and O–H groups in total. The highest BCUT2D eigenvalue weighted by Crippen LogP contribution is 2.47. The van der Waals surface area contributed by atoms with Gasteiger partial charge in [-0.3, -0.25) is 0 Å². The van der Waals surface area contributed by atoms with Crippen molar-refractivity contribution in [3.8, 4) is 0 Å². The molecule has 3 atom stereocenters. The van der Waals surface area contributed by atoms with E-state index in [-0.39, 0.29) is 5.54 Å². The summed E-state index contributed by atoms with van der Waals surface area (Å²) in [6.45, 7) is 10.5. The highest BCUT2D eigenvalue weighted by molar-refractivity contribution is 5.31. The lowest BCUT2D eigenvalue weighted by Gasteiger charge is -2.52. The fraction of sp³-hybridized carbons (Fsp3) is 0.545. The van der Waals surface area contributed by atoms with E-state index in [1.807, 2.05) is 19.3 Å². The van der Waals surface area contributed by atoms with Crippen LogP contribution in [0.15, 0.2) is 60.0 Å². The lowest BCUT2D eigenvalue weighted by atomic mass is 9.57. The Morgan fingerprint density at radius 1 is 1.42 bits per heavy atom. The maximum absolute atomic E-state index is 6.69. The molecule has 0 heterocycles. The number of hydrogen-bond donors (Lipinski definition) is 2. The van der Waals surface area contributed by atoms with E-state index in [2.05, 4.69) is 50.0 Å². The summed E-state index contributed by atoms with van der Waals surface area (Å²) in [6.07, 6.45) is 19.5. The summed E-state index contributed by atoms with van der Waals surface area (Å²) in [7, 11) is 0. The molecule has 0 aromatic carbocycles. The largest absolute Gasteiger partial charge is 0.368 e. The molecule has 0 spiro atoms. The van der Waals surface area contributed by atoms with Gasteiger partial charge in [-0.25, -0.2) is 0 Å². The first-order valence-corrected chi connectivity index (χ1v) is 9.26. The van der Waals surface area contributed by atoms with Gasteiger partial charge in [-0.15, -0.1) is 0 Å². The van der Waals surface area contributed by atoms with Gasteiger partial charge in [0, 0.05) is 5.54 Å². The van der Waals surface area contributed by atoms with Gasteiger partial charge in [0.25, 0.3) is 0 Å².